The number of halogens is 1. The molecule has 0 aliphatic rings. The van der Waals surface area contributed by atoms with Crippen LogP contribution in [0.1, 0.15) is 5.56 Å². The van der Waals surface area contributed by atoms with Crippen molar-refractivity contribution in [3.05, 3.63) is 35.5 Å². The molecule has 0 aromatic carbocycles. The number of hydrogen-bond acceptors (Lipinski definition) is 4. The van der Waals surface area contributed by atoms with Crippen LogP contribution in [0.3, 0.4) is 0 Å². The second-order valence-corrected chi connectivity index (χ2v) is 3.83. The van der Waals surface area contributed by atoms with E-state index >= 15 is 0 Å². The molecule has 5 heteroatoms. The fourth-order valence-electron chi connectivity index (χ4n) is 0.985. The quantitative estimate of drug-likeness (QED) is 0.816. The first-order valence-electron chi connectivity index (χ1n) is 4.06. The van der Waals surface area contributed by atoms with Gasteiger partial charge in [-0.05, 0) is 23.1 Å². The molecule has 0 saturated carbocycles. The highest BCUT2D eigenvalue weighted by molar-refractivity contribution is 7.14. The van der Waals surface area contributed by atoms with Gasteiger partial charge in [0.25, 0.3) is 0 Å². The van der Waals surface area contributed by atoms with Crippen LogP contribution in [-0.4, -0.2) is 9.97 Å². The summed E-state index contributed by atoms with van der Waals surface area (Å²) in [6.45, 7) is 0. The zero-order valence-corrected chi connectivity index (χ0v) is 8.85. The molecule has 0 aliphatic carbocycles. The average molecular weight is 226 g/mol. The van der Waals surface area contributed by atoms with Crippen LogP contribution in [0, 0.1) is 0 Å². The van der Waals surface area contributed by atoms with Gasteiger partial charge >= 0.3 is 0 Å². The van der Waals surface area contributed by atoms with E-state index < -0.39 is 0 Å². The SMILES string of the molecule is ClCc1csc(Nc2ncccn2)c1. The molecule has 0 amide bonds. The summed E-state index contributed by atoms with van der Waals surface area (Å²) >= 11 is 7.28. The minimum absolute atomic E-state index is 0.536. The number of nitrogens with one attached hydrogen (secondary N) is 1. The highest BCUT2D eigenvalue weighted by Gasteiger charge is 1.99. The lowest BCUT2D eigenvalue weighted by molar-refractivity contribution is 1.17. The van der Waals surface area contributed by atoms with Crippen molar-refractivity contribution in [3.8, 4) is 0 Å². The van der Waals surface area contributed by atoms with Gasteiger partial charge in [0.15, 0.2) is 0 Å². The summed E-state index contributed by atoms with van der Waals surface area (Å²) in [5.41, 5.74) is 1.11. The molecule has 0 aliphatic heterocycles. The van der Waals surface area contributed by atoms with Gasteiger partial charge in [-0.25, -0.2) is 9.97 Å². The zero-order valence-electron chi connectivity index (χ0n) is 7.27. The van der Waals surface area contributed by atoms with Gasteiger partial charge < -0.3 is 5.32 Å². The summed E-state index contributed by atoms with van der Waals surface area (Å²) < 4.78 is 0. The van der Waals surface area contributed by atoms with Crippen molar-refractivity contribution in [1.82, 2.24) is 9.97 Å². The number of nitrogens with zero attached hydrogens (tertiary/aromatic N) is 2. The number of thiophene rings is 1. The lowest BCUT2D eigenvalue weighted by atomic mass is 10.4. The van der Waals surface area contributed by atoms with Crippen LogP contribution >= 0.6 is 22.9 Å². The van der Waals surface area contributed by atoms with Crippen LogP contribution in [0.4, 0.5) is 10.9 Å². The molecule has 2 aromatic rings. The topological polar surface area (TPSA) is 37.8 Å². The van der Waals surface area contributed by atoms with Crippen molar-refractivity contribution in [1.29, 1.82) is 0 Å². The Morgan fingerprint density at radius 3 is 2.79 bits per heavy atom. The summed E-state index contributed by atoms with van der Waals surface area (Å²) in [7, 11) is 0. The van der Waals surface area contributed by atoms with Crippen LogP contribution < -0.4 is 5.32 Å². The maximum absolute atomic E-state index is 5.69. The molecular weight excluding hydrogens is 218 g/mol. The minimum atomic E-state index is 0.536. The van der Waals surface area contributed by atoms with Gasteiger partial charge in [0.05, 0.1) is 5.00 Å². The van der Waals surface area contributed by atoms with Crippen LogP contribution in [0.25, 0.3) is 0 Å². The first kappa shape index (κ1) is 9.43. The third-order valence-electron chi connectivity index (χ3n) is 1.61. The van der Waals surface area contributed by atoms with Crippen molar-refractivity contribution in [2.45, 2.75) is 5.88 Å². The lowest BCUT2D eigenvalue weighted by Crippen LogP contribution is -1.92. The van der Waals surface area contributed by atoms with Gasteiger partial charge in [0.1, 0.15) is 0 Å². The van der Waals surface area contributed by atoms with Gasteiger partial charge in [0.2, 0.25) is 5.95 Å². The summed E-state index contributed by atoms with van der Waals surface area (Å²) in [5.74, 6) is 1.14. The van der Waals surface area contributed by atoms with E-state index in [-0.39, 0.29) is 0 Å². The Bertz CT molecular complexity index is 401. The standard InChI is InChI=1S/C9H8ClN3S/c10-5-7-4-8(14-6-7)13-9-11-2-1-3-12-9/h1-4,6H,5H2,(H,11,12,13). The smallest absolute Gasteiger partial charge is 0.227 e. The molecule has 72 valence electrons. The Hall–Kier alpha value is -1.13. The van der Waals surface area contributed by atoms with Gasteiger partial charge in [-0.3, -0.25) is 0 Å². The predicted octanol–water partition coefficient (Wildman–Crippen LogP) is 3.02. The molecule has 0 spiro atoms. The van der Waals surface area contributed by atoms with Crippen LogP contribution in [-0.2, 0) is 5.88 Å². The Morgan fingerprint density at radius 2 is 2.14 bits per heavy atom. The van der Waals surface area contributed by atoms with Gasteiger partial charge in [-0.15, -0.1) is 22.9 Å². The number of alkyl halides is 1. The van der Waals surface area contributed by atoms with E-state index in [0.717, 1.165) is 10.6 Å². The molecule has 2 heterocycles. The predicted molar refractivity (Wildman–Crippen MR) is 59.2 cm³/mol. The molecule has 0 atom stereocenters. The zero-order chi connectivity index (χ0) is 9.80. The molecule has 0 saturated heterocycles. The van der Waals surface area contributed by atoms with E-state index in [9.17, 15) is 0 Å². The van der Waals surface area contributed by atoms with Gasteiger partial charge in [0, 0.05) is 18.3 Å². The Kier molecular flexibility index (Phi) is 2.96. The molecule has 1 N–H and O–H groups in total. The first-order chi connectivity index (χ1) is 6.88. The normalized spacial score (nSPS) is 10.1. The maximum Gasteiger partial charge on any atom is 0.227 e. The van der Waals surface area contributed by atoms with Crippen molar-refractivity contribution in [2.24, 2.45) is 0 Å². The molecule has 0 fully saturated rings. The van der Waals surface area contributed by atoms with Crippen molar-refractivity contribution >= 4 is 33.9 Å². The summed E-state index contributed by atoms with van der Waals surface area (Å²) in [5, 5.41) is 6.11. The van der Waals surface area contributed by atoms with E-state index in [2.05, 4.69) is 15.3 Å². The van der Waals surface area contributed by atoms with Gasteiger partial charge in [-0.1, -0.05) is 0 Å². The van der Waals surface area contributed by atoms with E-state index in [1.165, 1.54) is 0 Å². The van der Waals surface area contributed by atoms with Crippen molar-refractivity contribution in [3.63, 3.8) is 0 Å². The van der Waals surface area contributed by atoms with E-state index in [1.54, 1.807) is 29.8 Å². The molecule has 2 rings (SSSR count). The van der Waals surface area contributed by atoms with Crippen LogP contribution in [0.2, 0.25) is 0 Å². The molecule has 14 heavy (non-hydrogen) atoms. The Morgan fingerprint density at radius 1 is 1.36 bits per heavy atom. The third kappa shape index (κ3) is 2.21. The molecular formula is C9H8ClN3S. The minimum Gasteiger partial charge on any atom is -0.316 e. The van der Waals surface area contributed by atoms with E-state index in [4.69, 9.17) is 11.6 Å². The second kappa shape index (κ2) is 4.39. The first-order valence-corrected chi connectivity index (χ1v) is 5.47. The Labute approximate surface area is 90.8 Å². The Balaban J connectivity index is 2.11. The molecule has 0 radical (unpaired) electrons. The highest BCUT2D eigenvalue weighted by atomic mass is 35.5. The van der Waals surface area contributed by atoms with E-state index in [0.29, 0.717) is 11.8 Å². The second-order valence-electron chi connectivity index (χ2n) is 2.65. The molecule has 3 nitrogen and oxygen atoms in total. The number of rotatable bonds is 3. The number of anilines is 2. The maximum atomic E-state index is 5.69. The van der Waals surface area contributed by atoms with Crippen LogP contribution in [0.5, 0.6) is 0 Å². The fraction of sp³-hybridized carbons (Fsp3) is 0.111. The highest BCUT2D eigenvalue weighted by Crippen LogP contribution is 2.23. The third-order valence-corrected chi connectivity index (χ3v) is 2.81. The number of hydrogen-bond donors (Lipinski definition) is 1. The lowest BCUT2D eigenvalue weighted by Gasteiger charge is -1.98. The summed E-state index contributed by atoms with van der Waals surface area (Å²) in [6, 6.07) is 3.78. The average Bonchev–Trinajstić information content (AvgIpc) is 2.67. The summed E-state index contributed by atoms with van der Waals surface area (Å²) in [6.07, 6.45) is 3.40. The summed E-state index contributed by atoms with van der Waals surface area (Å²) in [4.78, 5) is 8.12. The van der Waals surface area contributed by atoms with Crippen molar-refractivity contribution < 1.29 is 0 Å². The molecule has 0 bridgehead atoms. The monoisotopic (exact) mass is 225 g/mol. The molecule has 0 unspecified atom stereocenters. The molecule has 2 aromatic heterocycles. The van der Waals surface area contributed by atoms with Crippen LogP contribution in [0.15, 0.2) is 29.9 Å². The van der Waals surface area contributed by atoms with Crippen molar-refractivity contribution in [2.75, 3.05) is 5.32 Å². The van der Waals surface area contributed by atoms with E-state index in [1.807, 2.05) is 11.4 Å². The largest absolute Gasteiger partial charge is 0.316 e. The van der Waals surface area contributed by atoms with Gasteiger partial charge in [-0.2, -0.15) is 0 Å². The number of aromatic nitrogens is 2. The fourth-order valence-corrected chi connectivity index (χ4v) is 2.03.